The molecule has 0 amide bonds. The van der Waals surface area contributed by atoms with Gasteiger partial charge in [-0.25, -0.2) is 23.4 Å². The third-order valence-electron chi connectivity index (χ3n) is 26.8. The van der Waals surface area contributed by atoms with Crippen LogP contribution in [0.15, 0.2) is 267 Å². The molecule has 5 N–H and O–H groups in total. The van der Waals surface area contributed by atoms with Gasteiger partial charge >= 0.3 is 11.6 Å². The fourth-order valence-corrected chi connectivity index (χ4v) is 21.7. The maximum atomic E-state index is 11.9. The van der Waals surface area contributed by atoms with Crippen molar-refractivity contribution in [2.24, 2.45) is 0 Å². The van der Waals surface area contributed by atoms with Crippen LogP contribution in [0.4, 0.5) is 0 Å². The van der Waals surface area contributed by atoms with Crippen LogP contribution in [-0.2, 0) is 86.1 Å². The number of nitrogens with zero attached hydrogens (tertiary/aromatic N) is 14. The second-order valence-corrected chi connectivity index (χ2v) is 40.7. The predicted octanol–water partition coefficient (Wildman–Crippen LogP) is 21.7. The molecular formula is C107H117Cl6N19O4S2. The average Bonchev–Trinajstić information content (AvgIpc) is 1.49. The zero-order valence-electron chi connectivity index (χ0n) is 77.7. The summed E-state index contributed by atoms with van der Waals surface area (Å²) in [5.41, 5.74) is 26.0. The SMILES string of the molecule is Cc1c(CN2CCC(c3[nH]ncc3Cc3ccccc3)CC2)ccnc1S(C)(=O)=O.Clc1cc(CN2CCC(c3[nH]ncc3Cc3ccccc3)CC2)cc(Cl)n1.Clc1cncc(Cl)c1CN1CCC(c2[nH]ncc2Cc2ccccc2)CC1.Clc1nccc(CN2CCC(c3[nH]ncc3Cc3ccccc3)CC2)c1Cl.O=S=O.c1ccc(CCN2CC(c3[nH]ncc3Cc3ccccc3)C2)cc1. The third-order valence-corrected chi connectivity index (χ3v) is 29.7. The molecule has 0 atom stereocenters. The van der Waals surface area contributed by atoms with E-state index in [0.29, 0.717) is 60.1 Å². The Bertz CT molecular complexity index is 6380. The van der Waals surface area contributed by atoms with Crippen molar-refractivity contribution in [2.75, 3.05) is 78.2 Å². The highest BCUT2D eigenvalue weighted by Gasteiger charge is 2.33. The van der Waals surface area contributed by atoms with Gasteiger partial charge in [-0.1, -0.05) is 252 Å². The molecule has 138 heavy (non-hydrogen) atoms. The third kappa shape index (κ3) is 29.5. The summed E-state index contributed by atoms with van der Waals surface area (Å²) in [4.78, 5) is 28.4. The minimum absolute atomic E-state index is 0.192. The zero-order chi connectivity index (χ0) is 96.0. The first kappa shape index (κ1) is 102. The van der Waals surface area contributed by atoms with E-state index in [1.165, 1.54) is 95.9 Å². The van der Waals surface area contributed by atoms with Crippen molar-refractivity contribution in [3.05, 3.63) is 410 Å². The van der Waals surface area contributed by atoms with Crippen molar-refractivity contribution in [1.82, 2.24) is 95.4 Å². The average molecular weight is 2010 g/mol. The number of H-pyrrole nitrogens is 5. The minimum atomic E-state index is -3.31. The molecule has 5 fully saturated rings. The van der Waals surface area contributed by atoms with Crippen LogP contribution >= 0.6 is 69.6 Å². The Balaban J connectivity index is 0.000000130. The van der Waals surface area contributed by atoms with Gasteiger partial charge in [0, 0.05) is 173 Å². The van der Waals surface area contributed by atoms with Crippen LogP contribution in [0, 0.1) is 6.92 Å². The van der Waals surface area contributed by atoms with E-state index in [2.05, 4.69) is 271 Å². The van der Waals surface area contributed by atoms with Gasteiger partial charge in [0.2, 0.25) is 0 Å². The number of piperidine rings is 4. The van der Waals surface area contributed by atoms with Crippen molar-refractivity contribution in [2.45, 2.75) is 158 Å². The number of pyridine rings is 4. The number of benzene rings is 6. The second-order valence-electron chi connectivity index (χ2n) is 36.3. The Hall–Kier alpha value is -10.7. The predicted molar refractivity (Wildman–Crippen MR) is 551 cm³/mol. The topological polar surface area (TPSA) is 279 Å². The summed E-state index contributed by atoms with van der Waals surface area (Å²) in [7, 11) is -3.31. The van der Waals surface area contributed by atoms with E-state index in [4.69, 9.17) is 78.0 Å². The molecule has 0 bridgehead atoms. The fraction of sp³-hybridized carbons (Fsp3) is 0.336. The number of rotatable bonds is 27. The molecule has 718 valence electrons. The number of sulfone groups is 1. The summed E-state index contributed by atoms with van der Waals surface area (Å²) in [6.45, 7) is 16.6. The lowest BCUT2D eigenvalue weighted by Gasteiger charge is -2.39. The number of likely N-dealkylation sites (tertiary alicyclic amines) is 5. The van der Waals surface area contributed by atoms with Crippen molar-refractivity contribution in [3.63, 3.8) is 0 Å². The maximum absolute atomic E-state index is 11.9. The molecule has 5 aliphatic heterocycles. The Morgan fingerprint density at radius 3 is 1.01 bits per heavy atom. The first-order valence-corrected chi connectivity index (χ1v) is 52.0. The molecule has 0 aliphatic carbocycles. The van der Waals surface area contributed by atoms with E-state index in [1.54, 1.807) is 24.8 Å². The van der Waals surface area contributed by atoms with Gasteiger partial charge in [-0.15, -0.1) is 0 Å². The quantitative estimate of drug-likeness (QED) is 0.0299. The van der Waals surface area contributed by atoms with E-state index >= 15 is 0 Å². The minimum Gasteiger partial charge on any atom is -0.302 e. The first-order chi connectivity index (χ1) is 67.3. The van der Waals surface area contributed by atoms with Crippen LogP contribution in [0.1, 0.15) is 198 Å². The largest absolute Gasteiger partial charge is 0.335 e. The van der Waals surface area contributed by atoms with Gasteiger partial charge in [-0.05, 0) is 225 Å². The molecule has 6 aromatic carbocycles. The second kappa shape index (κ2) is 51.4. The number of hydrogen-bond acceptors (Lipinski definition) is 18. The van der Waals surface area contributed by atoms with Crippen molar-refractivity contribution in [1.29, 1.82) is 0 Å². The smallest absolute Gasteiger partial charge is 0.302 e. The van der Waals surface area contributed by atoms with Crippen molar-refractivity contribution < 1.29 is 16.8 Å². The number of hydrogen-bond donors (Lipinski definition) is 5. The number of halogens is 6. The fourth-order valence-electron chi connectivity index (χ4n) is 19.4. The van der Waals surface area contributed by atoms with Crippen LogP contribution in [0.25, 0.3) is 0 Å². The van der Waals surface area contributed by atoms with E-state index in [-0.39, 0.29) is 5.03 Å². The van der Waals surface area contributed by atoms with Crippen molar-refractivity contribution in [3.8, 4) is 0 Å². The normalized spacial score (nSPS) is 15.6. The summed E-state index contributed by atoms with van der Waals surface area (Å²) >= 11 is 36.1. The highest BCUT2D eigenvalue weighted by Crippen LogP contribution is 2.39. The Morgan fingerprint density at radius 2 is 0.659 bits per heavy atom. The molecule has 0 radical (unpaired) electrons. The summed E-state index contributed by atoms with van der Waals surface area (Å²) in [6, 6.07) is 71.3. The van der Waals surface area contributed by atoms with Crippen LogP contribution in [0.2, 0.25) is 30.5 Å². The van der Waals surface area contributed by atoms with Gasteiger partial charge in [-0.2, -0.15) is 33.9 Å². The van der Waals surface area contributed by atoms with E-state index in [1.807, 2.05) is 68.2 Å². The lowest BCUT2D eigenvalue weighted by Crippen LogP contribution is -2.46. The van der Waals surface area contributed by atoms with Crippen LogP contribution in [0.3, 0.4) is 0 Å². The molecular weight excluding hydrogens is 1890 g/mol. The van der Waals surface area contributed by atoms with Gasteiger partial charge in [0.15, 0.2) is 14.9 Å². The highest BCUT2D eigenvalue weighted by atomic mass is 35.5. The van der Waals surface area contributed by atoms with Crippen LogP contribution < -0.4 is 0 Å². The van der Waals surface area contributed by atoms with Crippen LogP contribution in [0.5, 0.6) is 0 Å². The van der Waals surface area contributed by atoms with Crippen LogP contribution in [-0.4, -0.2) is 191 Å². The molecule has 23 nitrogen and oxygen atoms in total. The standard InChI is InChI=1S/C23H28N4O2S.3C21H22Cl2N4.C21H23N3.O2S/c1-17-20(8-11-24-23(17)30(2,28)29)16-27-12-9-19(10-13-27)22-21(15-25-26-22)14-18-6-4-3-5-7-18;22-19-17(6-9-24-21(19)23)14-27-10-7-16(8-11-27)20-18(13-25-26-20)12-15-4-2-1-3-5-15;22-19-11-16(12-20(23)25-19)14-27-8-6-17(7-9-27)21-18(13-24-26-21)10-15-4-2-1-3-5-15;22-19-12-24-13-20(23)18(19)14-27-8-6-16(7-9-27)21-17(11-25-26-21)10-15-4-2-1-3-5-15;1-3-7-17(8-4-1)11-12-24-15-20(16-24)21-19(14-22-23-21)13-18-9-5-2-6-10-18;1-3-2/h3-8,11,15,19H,9-10,12-14,16H2,1-2H3,(H,25,26);1-6,9,13,16H,7-8,10-12,14H2,(H,25,26);1-5,11-13,17H,6-10,14H2,(H,24,26);1-5,11-13,16H,6-10,14H2,(H,25,26);1-10,14,20H,11-13,15-16H2,(H,22,23);. The van der Waals surface area contributed by atoms with Gasteiger partial charge in [-0.3, -0.25) is 50.1 Å². The molecule has 31 heteroatoms. The molecule has 5 saturated heterocycles. The number of nitrogens with one attached hydrogen (secondary N) is 5. The molecule has 0 spiro atoms. The number of aromatic nitrogens is 14. The van der Waals surface area contributed by atoms with E-state index in [9.17, 15) is 8.42 Å². The maximum Gasteiger partial charge on any atom is 0.335 e. The van der Waals surface area contributed by atoms with Gasteiger partial charge < -0.3 is 4.90 Å². The van der Waals surface area contributed by atoms with E-state index < -0.39 is 21.4 Å². The molecule has 20 rings (SSSR count). The Labute approximate surface area is 842 Å². The monoisotopic (exact) mass is 2010 g/mol. The molecule has 15 aromatic rings. The summed E-state index contributed by atoms with van der Waals surface area (Å²) in [6.07, 6.45) is 32.3. The Kier molecular flexibility index (Phi) is 37.9. The molecule has 14 heterocycles. The zero-order valence-corrected chi connectivity index (χ0v) is 83.9. The lowest BCUT2D eigenvalue weighted by atomic mass is 9.89. The van der Waals surface area contributed by atoms with Gasteiger partial charge in [0.1, 0.15) is 15.5 Å². The molecule has 0 unspecified atom stereocenters. The summed E-state index contributed by atoms with van der Waals surface area (Å²) in [5.74, 6) is 2.66. The van der Waals surface area contributed by atoms with Gasteiger partial charge in [0.05, 0.1) is 46.1 Å². The molecule has 0 saturated carbocycles. The van der Waals surface area contributed by atoms with E-state index in [0.717, 1.165) is 216 Å². The number of aromatic amines is 5. The van der Waals surface area contributed by atoms with Crippen molar-refractivity contribution >= 4 is 91.0 Å². The lowest BCUT2D eigenvalue weighted by molar-refractivity contribution is 0.147. The highest BCUT2D eigenvalue weighted by molar-refractivity contribution is 7.90. The Morgan fingerprint density at radius 1 is 0.355 bits per heavy atom. The first-order valence-electron chi connectivity index (χ1n) is 47.2. The summed E-state index contributed by atoms with van der Waals surface area (Å²) in [5, 5.41) is 41.2. The van der Waals surface area contributed by atoms with Gasteiger partial charge in [0.25, 0.3) is 0 Å². The summed E-state index contributed by atoms with van der Waals surface area (Å²) < 4.78 is 40.5. The molecule has 5 aliphatic rings. The molecule has 9 aromatic heterocycles.